The fourth-order valence-corrected chi connectivity index (χ4v) is 2.44. The lowest BCUT2D eigenvalue weighted by Gasteiger charge is -2.13. The van der Waals surface area contributed by atoms with Crippen LogP contribution in [0.25, 0.3) is 5.52 Å². The van der Waals surface area contributed by atoms with Crippen molar-refractivity contribution >= 4 is 11.4 Å². The van der Waals surface area contributed by atoms with E-state index in [-0.39, 0.29) is 17.3 Å². The second-order valence-corrected chi connectivity index (χ2v) is 5.47. The maximum Gasteiger partial charge on any atom is 0.276 e. The van der Waals surface area contributed by atoms with Crippen LogP contribution in [0.4, 0.5) is 0 Å². The van der Waals surface area contributed by atoms with E-state index in [0.29, 0.717) is 5.69 Å². The normalized spacial score (nSPS) is 12.1. The van der Waals surface area contributed by atoms with Gasteiger partial charge in [-0.15, -0.1) is 5.10 Å². The van der Waals surface area contributed by atoms with E-state index in [1.165, 1.54) is 4.52 Å². The zero-order chi connectivity index (χ0) is 17.3. The number of benzene rings is 1. The predicted molar refractivity (Wildman–Crippen MR) is 87.2 cm³/mol. The molecule has 2 heterocycles. The summed E-state index contributed by atoms with van der Waals surface area (Å²) in [4.78, 5) is 27.2. The monoisotopic (exact) mass is 327 g/mol. The first-order valence-electron chi connectivity index (χ1n) is 7.39. The van der Waals surface area contributed by atoms with Crippen LogP contribution in [0.3, 0.4) is 0 Å². The number of rotatable bonds is 4. The molecule has 3 aromatic rings. The molecule has 0 spiro atoms. The molecular formula is C16H17N5O3. The minimum absolute atomic E-state index is 0.00314. The van der Waals surface area contributed by atoms with Gasteiger partial charge in [0, 0.05) is 5.69 Å². The van der Waals surface area contributed by atoms with Crippen molar-refractivity contribution in [2.75, 3.05) is 7.11 Å². The molecule has 1 unspecified atom stereocenters. The molecule has 8 nitrogen and oxygen atoms in total. The van der Waals surface area contributed by atoms with Gasteiger partial charge in [-0.05, 0) is 31.5 Å². The molecule has 1 amide bonds. The smallest absolute Gasteiger partial charge is 0.276 e. The molecule has 24 heavy (non-hydrogen) atoms. The van der Waals surface area contributed by atoms with Crippen molar-refractivity contribution in [1.82, 2.24) is 25.1 Å². The Bertz CT molecular complexity index is 942. The number of ether oxygens (including phenoxy) is 1. The van der Waals surface area contributed by atoms with Crippen LogP contribution in [0.5, 0.6) is 5.75 Å². The molecule has 0 saturated heterocycles. The molecule has 0 saturated carbocycles. The Morgan fingerprint density at radius 2 is 2.04 bits per heavy atom. The van der Waals surface area contributed by atoms with Crippen LogP contribution in [-0.4, -0.2) is 32.8 Å². The van der Waals surface area contributed by atoms with Crippen molar-refractivity contribution in [1.29, 1.82) is 0 Å². The van der Waals surface area contributed by atoms with Crippen molar-refractivity contribution in [3.05, 3.63) is 57.8 Å². The first-order chi connectivity index (χ1) is 11.5. The third-order valence-corrected chi connectivity index (χ3v) is 3.71. The zero-order valence-electron chi connectivity index (χ0n) is 13.5. The zero-order valence-corrected chi connectivity index (χ0v) is 13.5. The number of methoxy groups -OCH3 is 1. The molecule has 2 N–H and O–H groups in total. The van der Waals surface area contributed by atoms with Gasteiger partial charge in [0.25, 0.3) is 11.5 Å². The summed E-state index contributed by atoms with van der Waals surface area (Å²) in [5, 5.41) is 10.5. The fourth-order valence-electron chi connectivity index (χ4n) is 2.44. The Morgan fingerprint density at radius 1 is 1.33 bits per heavy atom. The maximum absolute atomic E-state index is 12.5. The Labute approximate surface area is 137 Å². The Morgan fingerprint density at radius 3 is 2.71 bits per heavy atom. The van der Waals surface area contributed by atoms with Gasteiger partial charge in [-0.3, -0.25) is 9.59 Å². The number of nitrogens with zero attached hydrogens (tertiary/aromatic N) is 3. The van der Waals surface area contributed by atoms with Gasteiger partial charge in [0.15, 0.2) is 11.2 Å². The van der Waals surface area contributed by atoms with E-state index in [4.69, 9.17) is 4.74 Å². The Balaban J connectivity index is 1.85. The predicted octanol–water partition coefficient (Wildman–Crippen LogP) is 1.23. The van der Waals surface area contributed by atoms with Crippen LogP contribution in [-0.2, 0) is 0 Å². The summed E-state index contributed by atoms with van der Waals surface area (Å²) in [7, 11) is 1.59. The van der Waals surface area contributed by atoms with Gasteiger partial charge in [0.1, 0.15) is 5.75 Å². The van der Waals surface area contributed by atoms with Crippen molar-refractivity contribution in [3.63, 3.8) is 0 Å². The Hall–Kier alpha value is -3.16. The number of aromatic amines is 1. The lowest BCUT2D eigenvalue weighted by molar-refractivity contribution is 0.0936. The van der Waals surface area contributed by atoms with Crippen LogP contribution in [0.15, 0.2) is 35.3 Å². The molecule has 0 aliphatic rings. The SMILES string of the molecule is COc1ccc(C(C)NC(=O)c2nnn3cc(C)[nH]c(=O)c23)cc1. The number of nitrogens with one attached hydrogen (secondary N) is 2. The number of fused-ring (bicyclic) bond motifs is 1. The largest absolute Gasteiger partial charge is 0.497 e. The first-order valence-corrected chi connectivity index (χ1v) is 7.39. The summed E-state index contributed by atoms with van der Waals surface area (Å²) in [6.45, 7) is 3.58. The highest BCUT2D eigenvalue weighted by molar-refractivity contribution is 5.98. The van der Waals surface area contributed by atoms with Gasteiger partial charge in [-0.2, -0.15) is 0 Å². The van der Waals surface area contributed by atoms with Crippen molar-refractivity contribution in [3.8, 4) is 5.75 Å². The molecule has 2 aromatic heterocycles. The molecule has 0 aliphatic carbocycles. The lowest BCUT2D eigenvalue weighted by Crippen LogP contribution is -2.28. The fraction of sp³-hybridized carbons (Fsp3) is 0.250. The third kappa shape index (κ3) is 2.85. The molecule has 124 valence electrons. The lowest BCUT2D eigenvalue weighted by atomic mass is 10.1. The van der Waals surface area contributed by atoms with Crippen molar-refractivity contribution < 1.29 is 9.53 Å². The maximum atomic E-state index is 12.5. The van der Waals surface area contributed by atoms with Crippen molar-refractivity contribution in [2.45, 2.75) is 19.9 Å². The topological polar surface area (TPSA) is 101 Å². The van der Waals surface area contributed by atoms with E-state index in [2.05, 4.69) is 20.6 Å². The van der Waals surface area contributed by atoms with Crippen LogP contribution < -0.4 is 15.6 Å². The second kappa shape index (κ2) is 6.15. The van der Waals surface area contributed by atoms with E-state index in [0.717, 1.165) is 11.3 Å². The number of hydrogen-bond donors (Lipinski definition) is 2. The number of carbonyl (C=O) groups excluding carboxylic acids is 1. The van der Waals surface area contributed by atoms with Gasteiger partial charge < -0.3 is 15.0 Å². The number of aryl methyl sites for hydroxylation is 1. The van der Waals surface area contributed by atoms with Gasteiger partial charge in [-0.25, -0.2) is 4.52 Å². The number of aromatic nitrogens is 4. The third-order valence-electron chi connectivity index (χ3n) is 3.71. The highest BCUT2D eigenvalue weighted by Gasteiger charge is 2.20. The minimum Gasteiger partial charge on any atom is -0.497 e. The molecule has 8 heteroatoms. The molecular weight excluding hydrogens is 310 g/mol. The standard InChI is InChI=1S/C16H17N5O3/c1-9-8-21-14(16(23)17-9)13(19-20-21)15(22)18-10(2)11-4-6-12(24-3)7-5-11/h4-8,10H,1-3H3,(H,17,23)(H,18,22). The number of amides is 1. The number of carbonyl (C=O) groups is 1. The second-order valence-electron chi connectivity index (χ2n) is 5.47. The average molecular weight is 327 g/mol. The van der Waals surface area contributed by atoms with Crippen molar-refractivity contribution in [2.24, 2.45) is 0 Å². The number of H-pyrrole nitrogens is 1. The summed E-state index contributed by atoms with van der Waals surface area (Å²) in [5.74, 6) is 0.283. The minimum atomic E-state index is -0.456. The summed E-state index contributed by atoms with van der Waals surface area (Å²) in [6, 6.07) is 7.11. The quantitative estimate of drug-likeness (QED) is 0.750. The highest BCUT2D eigenvalue weighted by Crippen LogP contribution is 2.17. The average Bonchev–Trinajstić information content (AvgIpc) is 2.99. The van der Waals surface area contributed by atoms with Crippen LogP contribution in [0.1, 0.15) is 34.7 Å². The summed E-state index contributed by atoms with van der Waals surface area (Å²) < 4.78 is 6.42. The molecule has 0 bridgehead atoms. The van der Waals surface area contributed by atoms with Crippen LogP contribution in [0, 0.1) is 6.92 Å². The van der Waals surface area contributed by atoms with E-state index in [1.54, 1.807) is 20.2 Å². The van der Waals surface area contributed by atoms with Gasteiger partial charge in [0.05, 0.1) is 19.3 Å². The molecule has 1 aromatic carbocycles. The summed E-state index contributed by atoms with van der Waals surface area (Å²) in [6.07, 6.45) is 1.60. The molecule has 0 fully saturated rings. The summed E-state index contributed by atoms with van der Waals surface area (Å²) in [5.41, 5.74) is 1.26. The van der Waals surface area contributed by atoms with E-state index >= 15 is 0 Å². The van der Waals surface area contributed by atoms with E-state index < -0.39 is 11.5 Å². The Kier molecular flexibility index (Phi) is 4.03. The molecule has 0 radical (unpaired) electrons. The number of hydrogen-bond acceptors (Lipinski definition) is 5. The highest BCUT2D eigenvalue weighted by atomic mass is 16.5. The van der Waals surface area contributed by atoms with Gasteiger partial charge in [0.2, 0.25) is 0 Å². The van der Waals surface area contributed by atoms with Gasteiger partial charge >= 0.3 is 0 Å². The first kappa shape index (κ1) is 15.7. The van der Waals surface area contributed by atoms with Gasteiger partial charge in [-0.1, -0.05) is 17.3 Å². The summed E-state index contributed by atoms with van der Waals surface area (Å²) >= 11 is 0. The molecule has 0 aliphatic heterocycles. The molecule has 3 rings (SSSR count). The van der Waals surface area contributed by atoms with Crippen LogP contribution in [0.2, 0.25) is 0 Å². The van der Waals surface area contributed by atoms with Crippen LogP contribution >= 0.6 is 0 Å². The van der Waals surface area contributed by atoms with E-state index in [9.17, 15) is 9.59 Å². The molecule has 1 atom stereocenters. The van der Waals surface area contributed by atoms with E-state index in [1.807, 2.05) is 31.2 Å².